The molecule has 0 amide bonds. The highest BCUT2D eigenvalue weighted by molar-refractivity contribution is 6.50. The van der Waals surface area contributed by atoms with Crippen molar-refractivity contribution in [1.82, 2.24) is 0 Å². The predicted molar refractivity (Wildman–Crippen MR) is 44.8 cm³/mol. The lowest BCUT2D eigenvalue weighted by Gasteiger charge is -2.10. The van der Waals surface area contributed by atoms with Crippen LogP contribution in [0.5, 0.6) is 0 Å². The number of quaternary nitrogens is 1. The number of allylic oxidation sites excluding steroid dienone is 2. The van der Waals surface area contributed by atoms with E-state index in [0.29, 0.717) is 0 Å². The molecule has 1 heterocycles. The molecule has 1 N–H and O–H groups in total. The summed E-state index contributed by atoms with van der Waals surface area (Å²) in [6.45, 7) is 4.55. The molecule has 14 heavy (non-hydrogen) atoms. The van der Waals surface area contributed by atoms with Crippen molar-refractivity contribution < 1.29 is 39.1 Å². The third-order valence-corrected chi connectivity index (χ3v) is 1.41. The van der Waals surface area contributed by atoms with Crippen molar-refractivity contribution in [3.8, 4) is 0 Å². The summed E-state index contributed by atoms with van der Waals surface area (Å²) in [7, 11) is -6.00. The fraction of sp³-hybridized carbons (Fsp3) is 0.429. The van der Waals surface area contributed by atoms with Gasteiger partial charge in [0.15, 0.2) is 0 Å². The Morgan fingerprint density at radius 1 is 1.21 bits per heavy atom. The highest BCUT2D eigenvalue weighted by atomic mass is 79.9. The second-order valence-corrected chi connectivity index (χ2v) is 2.50. The van der Waals surface area contributed by atoms with Gasteiger partial charge in [-0.15, -0.1) is 0 Å². The average Bonchev–Trinajstić information content (AvgIpc) is 2.03. The molecule has 7 heteroatoms. The minimum Gasteiger partial charge on any atom is -1.00 e. The summed E-state index contributed by atoms with van der Waals surface area (Å²) in [6, 6.07) is 0. The molecule has 0 radical (unpaired) electrons. The Morgan fingerprint density at radius 2 is 1.71 bits per heavy atom. The van der Waals surface area contributed by atoms with Crippen molar-refractivity contribution in [2.24, 2.45) is 0 Å². The topological polar surface area (TPSA) is 4.44 Å². The quantitative estimate of drug-likeness (QED) is 0.429. The zero-order valence-corrected chi connectivity index (χ0v) is 9.28. The van der Waals surface area contributed by atoms with E-state index in [9.17, 15) is 17.3 Å². The molecule has 0 aliphatic carbocycles. The maximum atomic E-state index is 9.75. The van der Waals surface area contributed by atoms with Gasteiger partial charge in [-0.3, -0.25) is 0 Å². The van der Waals surface area contributed by atoms with Crippen molar-refractivity contribution >= 4 is 7.25 Å². The van der Waals surface area contributed by atoms with Crippen LogP contribution in [0.4, 0.5) is 17.3 Å². The van der Waals surface area contributed by atoms with Crippen LogP contribution >= 0.6 is 0 Å². The first kappa shape index (κ1) is 16.1. The van der Waals surface area contributed by atoms with Gasteiger partial charge >= 0.3 is 7.25 Å². The Morgan fingerprint density at radius 3 is 1.93 bits per heavy atom. The van der Waals surface area contributed by atoms with Gasteiger partial charge < -0.3 is 39.1 Å². The number of nitrogens with one attached hydrogen (secondary N) is 1. The lowest BCUT2D eigenvalue weighted by atomic mass is 10.3. The molecule has 0 spiro atoms. The van der Waals surface area contributed by atoms with Gasteiger partial charge in [-0.1, -0.05) is 6.08 Å². The van der Waals surface area contributed by atoms with Crippen LogP contribution in [0.3, 0.4) is 0 Å². The molecule has 1 nitrogen and oxygen atoms in total. The van der Waals surface area contributed by atoms with Crippen molar-refractivity contribution in [3.63, 3.8) is 0 Å². The van der Waals surface area contributed by atoms with E-state index >= 15 is 0 Å². The first-order valence-electron chi connectivity index (χ1n) is 3.98. The highest BCUT2D eigenvalue weighted by Gasteiger charge is 2.20. The summed E-state index contributed by atoms with van der Waals surface area (Å²) in [4.78, 5) is 1.53. The van der Waals surface area contributed by atoms with Crippen LogP contribution in [0.25, 0.3) is 0 Å². The average molecular weight is 277 g/mol. The van der Waals surface area contributed by atoms with Crippen LogP contribution in [0, 0.1) is 0 Å². The molecule has 1 unspecified atom stereocenters. The third kappa shape index (κ3) is 14.2. The molecular weight excluding hydrogens is 265 g/mol. The zero-order valence-electron chi connectivity index (χ0n) is 7.69. The SMILES string of the molecule is CC[NH+]1C=CC=CC1.F[B-](F)(F)F.[Br-]. The fourth-order valence-electron chi connectivity index (χ4n) is 0.820. The molecule has 1 aliphatic rings. The van der Waals surface area contributed by atoms with Gasteiger partial charge in [-0.2, -0.15) is 0 Å². The Hall–Kier alpha value is -0.295. The third-order valence-electron chi connectivity index (χ3n) is 1.41. The van der Waals surface area contributed by atoms with E-state index in [1.807, 2.05) is 0 Å². The summed E-state index contributed by atoms with van der Waals surface area (Å²) in [6.07, 6.45) is 8.58. The number of hydrogen-bond donors (Lipinski definition) is 1. The van der Waals surface area contributed by atoms with Crippen LogP contribution in [-0.4, -0.2) is 20.3 Å². The van der Waals surface area contributed by atoms with Gasteiger partial charge in [0.25, 0.3) is 0 Å². The lowest BCUT2D eigenvalue weighted by molar-refractivity contribution is -0.838. The van der Waals surface area contributed by atoms with Crippen LogP contribution in [0.1, 0.15) is 6.92 Å². The van der Waals surface area contributed by atoms with Crippen LogP contribution in [0.2, 0.25) is 0 Å². The largest absolute Gasteiger partial charge is 1.00 e. The second-order valence-electron chi connectivity index (χ2n) is 2.50. The molecule has 1 aliphatic heterocycles. The summed E-state index contributed by atoms with van der Waals surface area (Å²) in [5, 5.41) is 0. The van der Waals surface area contributed by atoms with Gasteiger partial charge in [0.2, 0.25) is 0 Å². The van der Waals surface area contributed by atoms with E-state index in [1.54, 1.807) is 0 Å². The van der Waals surface area contributed by atoms with Gasteiger partial charge in [0, 0.05) is 0 Å². The molecule has 1 atom stereocenters. The monoisotopic (exact) mass is 276 g/mol. The second kappa shape index (κ2) is 8.05. The highest BCUT2D eigenvalue weighted by Crippen LogP contribution is 2.06. The zero-order chi connectivity index (χ0) is 10.3. The van der Waals surface area contributed by atoms with E-state index in [1.165, 1.54) is 11.4 Å². The van der Waals surface area contributed by atoms with Crippen LogP contribution in [-0.2, 0) is 0 Å². The summed E-state index contributed by atoms with van der Waals surface area (Å²) in [5.41, 5.74) is 0. The normalized spacial score (nSPS) is 19.4. The van der Waals surface area contributed by atoms with E-state index in [0.717, 1.165) is 6.54 Å². The number of rotatable bonds is 1. The maximum Gasteiger partial charge on any atom is 0.673 e. The minimum absolute atomic E-state index is 0. The minimum atomic E-state index is -6.00. The van der Waals surface area contributed by atoms with E-state index in [2.05, 4.69) is 31.4 Å². The Balaban J connectivity index is 0. The number of halogens is 5. The molecule has 84 valence electrons. The molecule has 0 bridgehead atoms. The molecule has 0 saturated heterocycles. The maximum absolute atomic E-state index is 9.75. The summed E-state index contributed by atoms with van der Waals surface area (Å²) < 4.78 is 39.0. The van der Waals surface area contributed by atoms with Gasteiger partial charge in [0.05, 0.1) is 12.7 Å². The Bertz CT molecular complexity index is 187. The Kier molecular flexibility index (Phi) is 9.28. The summed E-state index contributed by atoms with van der Waals surface area (Å²) in [5.74, 6) is 0. The smallest absolute Gasteiger partial charge is 0.673 e. The molecule has 0 aromatic rings. The standard InChI is InChI=1S/C7H11N.BF4.BrH/c1-2-8-6-4-3-5-7-8;2-1(3,4)5;/h3-6H,2,7H2,1H3;;1H/q;-1;. The Labute approximate surface area is 91.3 Å². The van der Waals surface area contributed by atoms with Crippen LogP contribution < -0.4 is 21.9 Å². The lowest BCUT2D eigenvalue weighted by Crippen LogP contribution is -3.07. The molecular formula is C7H12BBrF4N-. The molecule has 0 fully saturated rings. The van der Waals surface area contributed by atoms with Crippen molar-refractivity contribution in [2.75, 3.05) is 13.1 Å². The van der Waals surface area contributed by atoms with E-state index < -0.39 is 7.25 Å². The molecule has 0 aromatic heterocycles. The van der Waals surface area contributed by atoms with E-state index in [4.69, 9.17) is 0 Å². The van der Waals surface area contributed by atoms with Crippen LogP contribution in [0.15, 0.2) is 24.4 Å². The number of likely N-dealkylation sites (N-methyl/N-ethyl adjacent to an activating group) is 1. The molecule has 1 rings (SSSR count). The first-order valence-corrected chi connectivity index (χ1v) is 3.98. The summed E-state index contributed by atoms with van der Waals surface area (Å²) >= 11 is 0. The first-order chi connectivity index (χ1) is 5.93. The van der Waals surface area contributed by atoms with E-state index in [-0.39, 0.29) is 17.0 Å². The van der Waals surface area contributed by atoms with Gasteiger partial charge in [0.1, 0.15) is 6.54 Å². The molecule has 0 saturated carbocycles. The fourth-order valence-corrected chi connectivity index (χ4v) is 0.820. The van der Waals surface area contributed by atoms with Crippen molar-refractivity contribution in [3.05, 3.63) is 24.4 Å². The number of hydrogen-bond acceptors (Lipinski definition) is 0. The van der Waals surface area contributed by atoms with Gasteiger partial charge in [-0.05, 0) is 19.1 Å². The molecule has 0 aromatic carbocycles. The van der Waals surface area contributed by atoms with Crippen molar-refractivity contribution in [2.45, 2.75) is 6.92 Å². The van der Waals surface area contributed by atoms with Gasteiger partial charge in [-0.25, -0.2) is 0 Å². The van der Waals surface area contributed by atoms with Crippen molar-refractivity contribution in [1.29, 1.82) is 0 Å². The predicted octanol–water partition coefficient (Wildman–Crippen LogP) is -1.72.